The second-order valence-electron chi connectivity index (χ2n) is 7.50. The zero-order valence-corrected chi connectivity index (χ0v) is 17.7. The highest BCUT2D eigenvalue weighted by molar-refractivity contribution is 7.89. The Morgan fingerprint density at radius 1 is 0.968 bits per heavy atom. The van der Waals surface area contributed by atoms with Gasteiger partial charge in [0.1, 0.15) is 17.3 Å². The highest BCUT2D eigenvalue weighted by Gasteiger charge is 2.29. The molecule has 1 aliphatic heterocycles. The molecule has 0 bridgehead atoms. The lowest BCUT2D eigenvalue weighted by Gasteiger charge is -2.28. The van der Waals surface area contributed by atoms with Crippen molar-refractivity contribution >= 4 is 15.9 Å². The predicted octanol–water partition coefficient (Wildman–Crippen LogP) is 4.14. The van der Waals surface area contributed by atoms with E-state index in [-0.39, 0.29) is 16.5 Å². The van der Waals surface area contributed by atoms with Crippen LogP contribution >= 0.6 is 0 Å². The predicted molar refractivity (Wildman–Crippen MR) is 114 cm³/mol. The van der Waals surface area contributed by atoms with E-state index in [4.69, 9.17) is 4.74 Å². The van der Waals surface area contributed by atoms with Crippen LogP contribution in [-0.4, -0.2) is 20.4 Å². The third-order valence-corrected chi connectivity index (χ3v) is 6.50. The SMILES string of the molecule is CC(C)NS(=O)(=O)c1ccc(F)c(C(=O)NC2c3ccccc3Oc3ccccc32)c1. The molecule has 0 saturated carbocycles. The molecule has 1 heterocycles. The van der Waals surface area contributed by atoms with Gasteiger partial charge in [0, 0.05) is 17.2 Å². The maximum Gasteiger partial charge on any atom is 0.255 e. The summed E-state index contributed by atoms with van der Waals surface area (Å²) in [6.45, 7) is 3.35. The first-order valence-corrected chi connectivity index (χ1v) is 11.2. The molecule has 0 unspecified atom stereocenters. The van der Waals surface area contributed by atoms with Crippen molar-refractivity contribution in [2.24, 2.45) is 0 Å². The summed E-state index contributed by atoms with van der Waals surface area (Å²) in [5.74, 6) is -0.362. The Kier molecular flexibility index (Phi) is 5.51. The number of carbonyl (C=O) groups excluding carboxylic acids is 1. The summed E-state index contributed by atoms with van der Waals surface area (Å²) in [6.07, 6.45) is 0. The van der Waals surface area contributed by atoms with E-state index in [1.54, 1.807) is 26.0 Å². The third kappa shape index (κ3) is 4.17. The van der Waals surface area contributed by atoms with Gasteiger partial charge in [0.25, 0.3) is 5.91 Å². The molecule has 0 spiro atoms. The molecule has 8 heteroatoms. The lowest BCUT2D eigenvalue weighted by Crippen LogP contribution is -2.33. The second kappa shape index (κ2) is 8.13. The van der Waals surface area contributed by atoms with Crippen LogP contribution in [0.2, 0.25) is 0 Å². The van der Waals surface area contributed by atoms with Crippen LogP contribution in [0.3, 0.4) is 0 Å². The topological polar surface area (TPSA) is 84.5 Å². The van der Waals surface area contributed by atoms with Crippen molar-refractivity contribution in [1.29, 1.82) is 0 Å². The first kappa shape index (κ1) is 21.0. The number of rotatable bonds is 5. The van der Waals surface area contributed by atoms with Gasteiger partial charge in [-0.2, -0.15) is 0 Å². The molecular weight excluding hydrogens is 419 g/mol. The summed E-state index contributed by atoms with van der Waals surface area (Å²) in [6, 6.07) is 16.7. The van der Waals surface area contributed by atoms with E-state index in [1.165, 1.54) is 0 Å². The number of para-hydroxylation sites is 2. The fraction of sp³-hybridized carbons (Fsp3) is 0.174. The summed E-state index contributed by atoms with van der Waals surface area (Å²) in [5, 5.41) is 2.83. The standard InChI is InChI=1S/C23H21FN2O4S/c1-14(2)26-31(28,29)15-11-12-19(24)18(13-15)23(27)25-22-16-7-3-5-9-20(16)30-21-10-6-4-8-17(21)22/h3-14,22,26H,1-2H3,(H,25,27). The smallest absolute Gasteiger partial charge is 0.255 e. The van der Waals surface area contributed by atoms with Crippen molar-refractivity contribution in [3.63, 3.8) is 0 Å². The molecule has 0 aliphatic carbocycles. The molecule has 6 nitrogen and oxygen atoms in total. The quantitative estimate of drug-likeness (QED) is 0.625. The minimum absolute atomic E-state index is 0.180. The number of carbonyl (C=O) groups is 1. The molecule has 3 aromatic carbocycles. The number of hydrogen-bond acceptors (Lipinski definition) is 4. The van der Waals surface area contributed by atoms with Crippen LogP contribution < -0.4 is 14.8 Å². The van der Waals surface area contributed by atoms with Crippen molar-refractivity contribution in [3.8, 4) is 11.5 Å². The van der Waals surface area contributed by atoms with E-state index in [1.807, 2.05) is 36.4 Å². The van der Waals surface area contributed by atoms with Gasteiger partial charge >= 0.3 is 0 Å². The summed E-state index contributed by atoms with van der Waals surface area (Å²) >= 11 is 0. The number of hydrogen-bond donors (Lipinski definition) is 2. The maximum atomic E-state index is 14.5. The van der Waals surface area contributed by atoms with Crippen LogP contribution in [0.1, 0.15) is 41.4 Å². The zero-order chi connectivity index (χ0) is 22.2. The molecule has 160 valence electrons. The highest BCUT2D eigenvalue weighted by atomic mass is 32.2. The Morgan fingerprint density at radius 3 is 2.13 bits per heavy atom. The normalized spacial score (nSPS) is 13.3. The van der Waals surface area contributed by atoms with Crippen LogP contribution in [0.4, 0.5) is 4.39 Å². The van der Waals surface area contributed by atoms with Crippen molar-refractivity contribution in [2.75, 3.05) is 0 Å². The molecular formula is C23H21FN2O4S. The molecule has 0 aromatic heterocycles. The molecule has 3 aromatic rings. The Morgan fingerprint density at radius 2 is 1.55 bits per heavy atom. The van der Waals surface area contributed by atoms with E-state index in [2.05, 4.69) is 10.0 Å². The summed E-state index contributed by atoms with van der Waals surface area (Å²) in [4.78, 5) is 12.9. The molecule has 0 atom stereocenters. The number of amides is 1. The lowest BCUT2D eigenvalue weighted by molar-refractivity contribution is 0.0937. The fourth-order valence-electron chi connectivity index (χ4n) is 3.50. The Bertz CT molecular complexity index is 1210. The van der Waals surface area contributed by atoms with Gasteiger partial charge in [-0.3, -0.25) is 4.79 Å². The fourth-order valence-corrected chi connectivity index (χ4v) is 4.78. The number of halogens is 1. The van der Waals surface area contributed by atoms with Gasteiger partial charge in [-0.05, 0) is 44.2 Å². The Hall–Kier alpha value is -3.23. The highest BCUT2D eigenvalue weighted by Crippen LogP contribution is 2.42. The van der Waals surface area contributed by atoms with Crippen LogP contribution in [0.25, 0.3) is 0 Å². The Labute approximate surface area is 180 Å². The second-order valence-corrected chi connectivity index (χ2v) is 9.22. The van der Waals surface area contributed by atoms with Crippen molar-refractivity contribution in [3.05, 3.63) is 89.2 Å². The minimum Gasteiger partial charge on any atom is -0.457 e. The number of nitrogens with one attached hydrogen (secondary N) is 2. The van der Waals surface area contributed by atoms with Crippen molar-refractivity contribution in [1.82, 2.24) is 10.0 Å². The van der Waals surface area contributed by atoms with Gasteiger partial charge in [-0.15, -0.1) is 0 Å². The lowest BCUT2D eigenvalue weighted by atomic mass is 9.94. The van der Waals surface area contributed by atoms with Crippen molar-refractivity contribution in [2.45, 2.75) is 30.8 Å². The van der Waals surface area contributed by atoms with Gasteiger partial charge in [0.05, 0.1) is 16.5 Å². The van der Waals surface area contributed by atoms with Gasteiger partial charge < -0.3 is 10.1 Å². The largest absolute Gasteiger partial charge is 0.457 e. The molecule has 2 N–H and O–H groups in total. The monoisotopic (exact) mass is 440 g/mol. The number of sulfonamides is 1. The molecule has 4 rings (SSSR count). The van der Waals surface area contributed by atoms with Gasteiger partial charge in [-0.1, -0.05) is 36.4 Å². The van der Waals surface area contributed by atoms with Crippen molar-refractivity contribution < 1.29 is 22.3 Å². The zero-order valence-electron chi connectivity index (χ0n) is 16.9. The van der Waals surface area contributed by atoms with Crippen LogP contribution in [-0.2, 0) is 10.0 Å². The van der Waals surface area contributed by atoms with E-state index >= 15 is 0 Å². The molecule has 0 fully saturated rings. The molecule has 0 saturated heterocycles. The Balaban J connectivity index is 1.71. The molecule has 1 aliphatic rings. The van der Waals surface area contributed by atoms with E-state index < -0.39 is 27.8 Å². The van der Waals surface area contributed by atoms with Crippen LogP contribution in [0.5, 0.6) is 11.5 Å². The van der Waals surface area contributed by atoms with Gasteiger partial charge in [0.2, 0.25) is 10.0 Å². The van der Waals surface area contributed by atoms with E-state index in [9.17, 15) is 17.6 Å². The first-order valence-electron chi connectivity index (χ1n) is 9.75. The average molecular weight is 440 g/mol. The summed E-state index contributed by atoms with van der Waals surface area (Å²) < 4.78 is 47.8. The summed E-state index contributed by atoms with van der Waals surface area (Å²) in [7, 11) is -3.88. The summed E-state index contributed by atoms with van der Waals surface area (Å²) in [5.41, 5.74) is 1.09. The maximum absolute atomic E-state index is 14.5. The molecule has 1 amide bonds. The van der Waals surface area contributed by atoms with Gasteiger partial charge in [-0.25, -0.2) is 17.5 Å². The van der Waals surface area contributed by atoms with Crippen LogP contribution in [0, 0.1) is 5.82 Å². The van der Waals surface area contributed by atoms with E-state index in [0.29, 0.717) is 11.5 Å². The number of fused-ring (bicyclic) bond motifs is 2. The van der Waals surface area contributed by atoms with Crippen LogP contribution in [0.15, 0.2) is 71.6 Å². The van der Waals surface area contributed by atoms with Gasteiger partial charge in [0.15, 0.2) is 0 Å². The third-order valence-electron chi connectivity index (χ3n) is 4.84. The molecule has 0 radical (unpaired) electrons. The number of ether oxygens (including phenoxy) is 1. The average Bonchev–Trinajstić information content (AvgIpc) is 2.72. The van der Waals surface area contributed by atoms with E-state index in [0.717, 1.165) is 29.3 Å². The number of benzene rings is 3. The minimum atomic E-state index is -3.88. The molecule has 31 heavy (non-hydrogen) atoms. The first-order chi connectivity index (χ1) is 14.8.